The summed E-state index contributed by atoms with van der Waals surface area (Å²) in [6, 6.07) is 0. The zero-order valence-corrected chi connectivity index (χ0v) is 11.3. The molecule has 104 valence electrons. The first kappa shape index (κ1) is 12.6. The molecule has 0 radical (unpaired) electrons. The van der Waals surface area contributed by atoms with Crippen LogP contribution in [0.15, 0.2) is 4.79 Å². The molecule has 0 bridgehead atoms. The van der Waals surface area contributed by atoms with Gasteiger partial charge < -0.3 is 14.5 Å². The number of likely N-dealkylation sites (N-methyl/N-ethyl adjacent to an activating group) is 1. The first-order valence-corrected chi connectivity index (χ1v) is 6.87. The number of morpholine rings is 1. The first-order valence-electron chi connectivity index (χ1n) is 6.87. The van der Waals surface area contributed by atoms with Crippen LogP contribution in [0.1, 0.15) is 11.3 Å². The third-order valence-electron chi connectivity index (χ3n) is 3.87. The summed E-state index contributed by atoms with van der Waals surface area (Å²) in [6.45, 7) is 4.87. The van der Waals surface area contributed by atoms with Crippen molar-refractivity contribution in [2.45, 2.75) is 12.8 Å². The topological polar surface area (TPSA) is 61.5 Å². The lowest BCUT2D eigenvalue weighted by molar-refractivity contribution is 0.122. The molecule has 2 aliphatic rings. The maximum absolute atomic E-state index is 12.2. The average molecular weight is 264 g/mol. The Hall–Kier alpha value is -1.40. The van der Waals surface area contributed by atoms with E-state index in [2.05, 4.69) is 26.8 Å². The van der Waals surface area contributed by atoms with Gasteiger partial charge in [0.1, 0.15) is 0 Å². The van der Waals surface area contributed by atoms with Gasteiger partial charge in [-0.2, -0.15) is 0 Å². The molecule has 1 fully saturated rings. The molecule has 3 rings (SSSR count). The normalized spacial score (nSPS) is 21.0. The van der Waals surface area contributed by atoms with E-state index in [0.29, 0.717) is 19.2 Å². The van der Waals surface area contributed by atoms with Crippen LogP contribution in [0.25, 0.3) is 0 Å². The quantitative estimate of drug-likeness (QED) is 0.750. The molecule has 0 aromatic carbocycles. The van der Waals surface area contributed by atoms with Crippen molar-refractivity contribution in [2.24, 2.45) is 0 Å². The number of aromatic nitrogens is 2. The van der Waals surface area contributed by atoms with E-state index in [4.69, 9.17) is 4.74 Å². The molecule has 1 aromatic rings. The van der Waals surface area contributed by atoms with Crippen LogP contribution in [-0.4, -0.2) is 61.3 Å². The van der Waals surface area contributed by atoms with Gasteiger partial charge in [-0.1, -0.05) is 0 Å². The van der Waals surface area contributed by atoms with Crippen molar-refractivity contribution in [3.8, 4) is 0 Å². The Labute approximate surface area is 112 Å². The number of nitrogens with zero attached hydrogens (tertiary/aromatic N) is 3. The van der Waals surface area contributed by atoms with Crippen molar-refractivity contribution >= 4 is 5.95 Å². The van der Waals surface area contributed by atoms with Crippen LogP contribution in [0, 0.1) is 0 Å². The minimum atomic E-state index is 0.0294. The number of nitrogens with one attached hydrogen (secondary N) is 1. The lowest BCUT2D eigenvalue weighted by atomic mass is 10.1. The Bertz CT molecular complexity index is 508. The molecule has 19 heavy (non-hydrogen) atoms. The van der Waals surface area contributed by atoms with Crippen molar-refractivity contribution in [3.63, 3.8) is 0 Å². The fourth-order valence-electron chi connectivity index (χ4n) is 2.63. The zero-order valence-electron chi connectivity index (χ0n) is 11.3. The third-order valence-corrected chi connectivity index (χ3v) is 3.87. The van der Waals surface area contributed by atoms with Crippen LogP contribution in [0.5, 0.6) is 0 Å². The van der Waals surface area contributed by atoms with Crippen molar-refractivity contribution < 1.29 is 4.74 Å². The molecule has 0 unspecified atom stereocenters. The van der Waals surface area contributed by atoms with E-state index in [1.165, 1.54) is 0 Å². The van der Waals surface area contributed by atoms with E-state index in [1.807, 2.05) is 0 Å². The molecule has 0 amide bonds. The first-order chi connectivity index (χ1) is 9.24. The highest BCUT2D eigenvalue weighted by molar-refractivity contribution is 5.34. The molecule has 3 heterocycles. The Morgan fingerprint density at radius 2 is 1.89 bits per heavy atom. The molecule has 6 nitrogen and oxygen atoms in total. The second-order valence-corrected chi connectivity index (χ2v) is 5.22. The van der Waals surface area contributed by atoms with Crippen LogP contribution in [0.3, 0.4) is 0 Å². The molecule has 1 N–H and O–H groups in total. The number of hydrogen-bond acceptors (Lipinski definition) is 5. The van der Waals surface area contributed by atoms with Gasteiger partial charge in [-0.15, -0.1) is 0 Å². The van der Waals surface area contributed by atoms with Crippen molar-refractivity contribution in [2.75, 3.05) is 51.3 Å². The third kappa shape index (κ3) is 2.64. The van der Waals surface area contributed by atoms with E-state index < -0.39 is 0 Å². The summed E-state index contributed by atoms with van der Waals surface area (Å²) < 4.78 is 5.33. The van der Waals surface area contributed by atoms with Crippen LogP contribution in [0.2, 0.25) is 0 Å². The number of fused-ring (bicyclic) bond motifs is 1. The highest BCUT2D eigenvalue weighted by Crippen LogP contribution is 2.14. The lowest BCUT2D eigenvalue weighted by Crippen LogP contribution is -2.38. The number of hydrogen-bond donors (Lipinski definition) is 1. The van der Waals surface area contributed by atoms with E-state index in [-0.39, 0.29) is 5.56 Å². The van der Waals surface area contributed by atoms with Crippen molar-refractivity contribution in [3.05, 3.63) is 21.6 Å². The van der Waals surface area contributed by atoms with Gasteiger partial charge in [-0.25, -0.2) is 4.98 Å². The van der Waals surface area contributed by atoms with Gasteiger partial charge in [0.05, 0.1) is 18.9 Å². The second-order valence-electron chi connectivity index (χ2n) is 5.22. The largest absolute Gasteiger partial charge is 0.378 e. The summed E-state index contributed by atoms with van der Waals surface area (Å²) in [4.78, 5) is 24.2. The maximum Gasteiger partial charge on any atom is 0.255 e. The molecule has 0 atom stereocenters. The van der Waals surface area contributed by atoms with Crippen LogP contribution in [0.4, 0.5) is 5.95 Å². The van der Waals surface area contributed by atoms with Crippen LogP contribution in [-0.2, 0) is 17.6 Å². The molecule has 6 heteroatoms. The molecule has 2 aliphatic heterocycles. The van der Waals surface area contributed by atoms with E-state index in [9.17, 15) is 4.79 Å². The molecule has 0 spiro atoms. The fraction of sp³-hybridized carbons (Fsp3) is 0.692. The SMILES string of the molecule is CN1CCc2nc(N3CCOCC3)[nH]c(=O)c2CC1. The van der Waals surface area contributed by atoms with Gasteiger partial charge >= 0.3 is 0 Å². The minimum absolute atomic E-state index is 0.0294. The number of H-pyrrole nitrogens is 1. The summed E-state index contributed by atoms with van der Waals surface area (Å²) in [5.41, 5.74) is 1.86. The minimum Gasteiger partial charge on any atom is -0.378 e. The van der Waals surface area contributed by atoms with E-state index in [1.54, 1.807) is 0 Å². The van der Waals surface area contributed by atoms with E-state index >= 15 is 0 Å². The number of anilines is 1. The monoisotopic (exact) mass is 264 g/mol. The standard InChI is InChI=1S/C13H20N4O2/c1-16-4-2-10-11(3-5-16)14-13(15-12(10)18)17-6-8-19-9-7-17/h2-9H2,1H3,(H,14,15,18). The highest BCUT2D eigenvalue weighted by Gasteiger charge is 2.19. The predicted molar refractivity (Wildman–Crippen MR) is 72.8 cm³/mol. The van der Waals surface area contributed by atoms with Crippen LogP contribution < -0.4 is 10.5 Å². The molecular weight excluding hydrogens is 244 g/mol. The molecular formula is C13H20N4O2. The van der Waals surface area contributed by atoms with Gasteiger partial charge in [0.15, 0.2) is 0 Å². The zero-order chi connectivity index (χ0) is 13.2. The summed E-state index contributed by atoms with van der Waals surface area (Å²) in [7, 11) is 2.09. The van der Waals surface area contributed by atoms with E-state index in [0.717, 1.165) is 50.3 Å². The summed E-state index contributed by atoms with van der Waals surface area (Å²) in [5.74, 6) is 0.705. The average Bonchev–Trinajstić information content (AvgIpc) is 2.62. The van der Waals surface area contributed by atoms with Crippen molar-refractivity contribution in [1.29, 1.82) is 0 Å². The fourth-order valence-corrected chi connectivity index (χ4v) is 2.63. The predicted octanol–water partition coefficient (Wildman–Crippen LogP) is -0.363. The summed E-state index contributed by atoms with van der Waals surface area (Å²) in [6.07, 6.45) is 1.64. The Kier molecular flexibility index (Phi) is 3.52. The molecule has 0 aliphatic carbocycles. The smallest absolute Gasteiger partial charge is 0.255 e. The van der Waals surface area contributed by atoms with Gasteiger partial charge in [-0.05, 0) is 13.5 Å². The van der Waals surface area contributed by atoms with Gasteiger partial charge in [0.2, 0.25) is 5.95 Å². The highest BCUT2D eigenvalue weighted by atomic mass is 16.5. The Balaban J connectivity index is 1.92. The van der Waals surface area contributed by atoms with Gasteiger partial charge in [-0.3, -0.25) is 9.78 Å². The van der Waals surface area contributed by atoms with Crippen molar-refractivity contribution in [1.82, 2.24) is 14.9 Å². The summed E-state index contributed by atoms with van der Waals surface area (Å²) in [5, 5.41) is 0. The number of ether oxygens (including phenoxy) is 1. The maximum atomic E-state index is 12.2. The molecule has 1 saturated heterocycles. The Morgan fingerprint density at radius 1 is 1.16 bits per heavy atom. The van der Waals surface area contributed by atoms with Crippen LogP contribution >= 0.6 is 0 Å². The lowest BCUT2D eigenvalue weighted by Gasteiger charge is -2.27. The molecule has 1 aromatic heterocycles. The van der Waals surface area contributed by atoms with Gasteiger partial charge in [0.25, 0.3) is 5.56 Å². The second kappa shape index (κ2) is 5.30. The molecule has 0 saturated carbocycles. The summed E-state index contributed by atoms with van der Waals surface area (Å²) >= 11 is 0. The number of aromatic amines is 1. The number of rotatable bonds is 1. The Morgan fingerprint density at radius 3 is 2.68 bits per heavy atom. The van der Waals surface area contributed by atoms with Gasteiger partial charge in [0, 0.05) is 38.2 Å².